The Balaban J connectivity index is 1.41. The second-order valence-electron chi connectivity index (χ2n) is 7.65. The Labute approximate surface area is 197 Å². The van der Waals surface area contributed by atoms with Crippen molar-refractivity contribution in [2.45, 2.75) is 24.3 Å². The van der Waals surface area contributed by atoms with Crippen molar-refractivity contribution in [3.05, 3.63) is 96.8 Å². The molecule has 0 unspecified atom stereocenters. The summed E-state index contributed by atoms with van der Waals surface area (Å²) in [4.78, 5) is 12.8. The van der Waals surface area contributed by atoms with Crippen LogP contribution in [0.1, 0.15) is 13.3 Å². The predicted octanol–water partition coefficient (Wildman–Crippen LogP) is 5.58. The highest BCUT2D eigenvalue weighted by Crippen LogP contribution is 2.23. The maximum atomic E-state index is 13.0. The molecule has 1 atom stereocenters. The summed E-state index contributed by atoms with van der Waals surface area (Å²) >= 11 is 0. The molecule has 4 aromatic carbocycles. The molecule has 0 fully saturated rings. The first-order chi connectivity index (χ1) is 16.3. The molecule has 34 heavy (non-hydrogen) atoms. The van der Waals surface area contributed by atoms with Crippen LogP contribution in [0.5, 0.6) is 5.75 Å². The Morgan fingerprint density at radius 2 is 1.53 bits per heavy atom. The molecule has 0 aliphatic carbocycles. The number of nitrogens with one attached hydrogen (secondary N) is 2. The van der Waals surface area contributed by atoms with E-state index in [4.69, 9.17) is 4.74 Å². The lowest BCUT2D eigenvalue weighted by molar-refractivity contribution is -0.122. The van der Waals surface area contributed by atoms with Gasteiger partial charge in [-0.05, 0) is 77.9 Å². The van der Waals surface area contributed by atoms with E-state index in [0.717, 1.165) is 10.8 Å². The lowest BCUT2D eigenvalue weighted by Gasteiger charge is -2.18. The number of sulfonamides is 1. The van der Waals surface area contributed by atoms with Crippen LogP contribution in [0.25, 0.3) is 10.8 Å². The highest BCUT2D eigenvalue weighted by molar-refractivity contribution is 7.92. The lowest BCUT2D eigenvalue weighted by atomic mass is 10.1. The third-order valence-corrected chi connectivity index (χ3v) is 6.59. The van der Waals surface area contributed by atoms with E-state index in [1.807, 2.05) is 49.4 Å². The number of carbonyl (C=O) groups excluding carboxylic acids is 1. The van der Waals surface area contributed by atoms with Gasteiger partial charge in [-0.15, -0.1) is 0 Å². The minimum absolute atomic E-state index is 0.00859. The van der Waals surface area contributed by atoms with Crippen LogP contribution in [0.2, 0.25) is 0 Å². The molecular weight excluding hydrogens is 455 g/mol. The average molecular weight is 479 g/mol. The van der Waals surface area contributed by atoms with Gasteiger partial charge < -0.3 is 10.1 Å². The van der Waals surface area contributed by atoms with Crippen LogP contribution in [-0.2, 0) is 14.8 Å². The molecule has 4 rings (SSSR count). The zero-order valence-electron chi connectivity index (χ0n) is 18.4. The van der Waals surface area contributed by atoms with Crippen LogP contribution in [0, 0.1) is 5.82 Å². The molecule has 0 aliphatic heterocycles. The number of amides is 1. The van der Waals surface area contributed by atoms with Crippen LogP contribution in [0.4, 0.5) is 15.8 Å². The van der Waals surface area contributed by atoms with E-state index >= 15 is 0 Å². The molecule has 0 aliphatic rings. The van der Waals surface area contributed by atoms with Crippen molar-refractivity contribution >= 4 is 38.1 Å². The fourth-order valence-electron chi connectivity index (χ4n) is 3.40. The number of fused-ring (bicyclic) bond motifs is 1. The monoisotopic (exact) mass is 478 g/mol. The molecular formula is C26H23FN2O4S. The van der Waals surface area contributed by atoms with Crippen LogP contribution < -0.4 is 14.8 Å². The zero-order chi connectivity index (χ0) is 24.1. The van der Waals surface area contributed by atoms with Gasteiger partial charge in [0.2, 0.25) is 0 Å². The van der Waals surface area contributed by atoms with Gasteiger partial charge in [0.05, 0.1) is 4.90 Å². The molecule has 0 saturated heterocycles. The summed E-state index contributed by atoms with van der Waals surface area (Å²) in [6, 6.07) is 24.3. The van der Waals surface area contributed by atoms with E-state index in [0.29, 0.717) is 17.9 Å². The van der Waals surface area contributed by atoms with Gasteiger partial charge in [-0.25, -0.2) is 12.8 Å². The maximum Gasteiger partial charge on any atom is 0.265 e. The number of hydrogen-bond acceptors (Lipinski definition) is 4. The van der Waals surface area contributed by atoms with E-state index in [-0.39, 0.29) is 16.5 Å². The van der Waals surface area contributed by atoms with Crippen molar-refractivity contribution in [3.8, 4) is 5.75 Å². The Bertz CT molecular complexity index is 1410. The van der Waals surface area contributed by atoms with Gasteiger partial charge in [0.15, 0.2) is 6.10 Å². The van der Waals surface area contributed by atoms with Crippen molar-refractivity contribution in [2.24, 2.45) is 0 Å². The summed E-state index contributed by atoms with van der Waals surface area (Å²) in [5.41, 5.74) is 0.682. The summed E-state index contributed by atoms with van der Waals surface area (Å²) in [6.07, 6.45) is -0.267. The molecule has 0 bridgehead atoms. The summed E-state index contributed by atoms with van der Waals surface area (Å²) in [7, 11) is -3.86. The second kappa shape index (κ2) is 9.93. The highest BCUT2D eigenvalue weighted by Gasteiger charge is 2.20. The van der Waals surface area contributed by atoms with Gasteiger partial charge in [0.25, 0.3) is 15.9 Å². The van der Waals surface area contributed by atoms with Gasteiger partial charge in [-0.1, -0.05) is 37.3 Å². The minimum Gasteiger partial charge on any atom is -0.481 e. The number of carbonyl (C=O) groups is 1. The Morgan fingerprint density at radius 3 is 2.21 bits per heavy atom. The molecule has 0 radical (unpaired) electrons. The zero-order valence-corrected chi connectivity index (χ0v) is 19.2. The SMILES string of the molecule is CC[C@H](Oc1ccc2ccccc2c1)C(=O)Nc1ccc(S(=O)(=O)Nc2ccc(F)cc2)cc1. The van der Waals surface area contributed by atoms with E-state index in [9.17, 15) is 17.6 Å². The molecule has 0 spiro atoms. The van der Waals surface area contributed by atoms with E-state index in [1.165, 1.54) is 48.5 Å². The van der Waals surface area contributed by atoms with Crippen LogP contribution in [0.3, 0.4) is 0 Å². The highest BCUT2D eigenvalue weighted by atomic mass is 32.2. The summed E-state index contributed by atoms with van der Waals surface area (Å²) < 4.78 is 46.5. The standard InChI is InChI=1S/C26H23FN2O4S/c1-2-25(33-23-14-7-18-5-3-4-6-19(18)17-23)26(30)28-21-12-15-24(16-13-21)34(31,32)29-22-10-8-20(27)9-11-22/h3-17,25,29H,2H2,1H3,(H,28,30)/t25-/m0/s1. The van der Waals surface area contributed by atoms with Crippen LogP contribution in [-0.4, -0.2) is 20.4 Å². The molecule has 2 N–H and O–H groups in total. The molecule has 4 aromatic rings. The van der Waals surface area contributed by atoms with Crippen molar-refractivity contribution in [2.75, 3.05) is 10.0 Å². The minimum atomic E-state index is -3.86. The maximum absolute atomic E-state index is 13.0. The van der Waals surface area contributed by atoms with Crippen molar-refractivity contribution in [1.82, 2.24) is 0 Å². The fourth-order valence-corrected chi connectivity index (χ4v) is 4.46. The summed E-state index contributed by atoms with van der Waals surface area (Å²) in [6.45, 7) is 1.85. The Morgan fingerprint density at radius 1 is 0.882 bits per heavy atom. The molecule has 8 heteroatoms. The third kappa shape index (κ3) is 5.52. The molecule has 174 valence electrons. The predicted molar refractivity (Wildman–Crippen MR) is 131 cm³/mol. The largest absolute Gasteiger partial charge is 0.481 e. The van der Waals surface area contributed by atoms with Gasteiger partial charge in [0.1, 0.15) is 11.6 Å². The van der Waals surface area contributed by atoms with Gasteiger partial charge in [-0.3, -0.25) is 9.52 Å². The molecule has 0 aromatic heterocycles. The van der Waals surface area contributed by atoms with Crippen molar-refractivity contribution < 1.29 is 22.3 Å². The van der Waals surface area contributed by atoms with Crippen molar-refractivity contribution in [1.29, 1.82) is 0 Å². The van der Waals surface area contributed by atoms with Gasteiger partial charge >= 0.3 is 0 Å². The summed E-state index contributed by atoms with van der Waals surface area (Å²) in [5.74, 6) is -0.206. The number of ether oxygens (including phenoxy) is 1. The molecule has 0 heterocycles. The summed E-state index contributed by atoms with van der Waals surface area (Å²) in [5, 5.41) is 4.86. The van der Waals surface area contributed by atoms with Gasteiger partial charge in [0, 0.05) is 11.4 Å². The molecule has 1 amide bonds. The number of benzene rings is 4. The smallest absolute Gasteiger partial charge is 0.265 e. The lowest BCUT2D eigenvalue weighted by Crippen LogP contribution is -2.32. The first-order valence-corrected chi connectivity index (χ1v) is 12.2. The number of rotatable bonds is 8. The molecule has 6 nitrogen and oxygen atoms in total. The first-order valence-electron chi connectivity index (χ1n) is 10.7. The Kier molecular flexibility index (Phi) is 6.79. The van der Waals surface area contributed by atoms with Crippen LogP contribution in [0.15, 0.2) is 95.9 Å². The average Bonchev–Trinajstić information content (AvgIpc) is 2.84. The van der Waals surface area contributed by atoms with Gasteiger partial charge in [-0.2, -0.15) is 0 Å². The van der Waals surface area contributed by atoms with E-state index in [2.05, 4.69) is 10.0 Å². The number of halogens is 1. The van der Waals surface area contributed by atoms with E-state index < -0.39 is 21.9 Å². The fraction of sp³-hybridized carbons (Fsp3) is 0.115. The number of anilines is 2. The normalized spacial score (nSPS) is 12.2. The third-order valence-electron chi connectivity index (χ3n) is 5.19. The Hall–Kier alpha value is -3.91. The van der Waals surface area contributed by atoms with E-state index in [1.54, 1.807) is 0 Å². The quantitative estimate of drug-likeness (QED) is 0.346. The first kappa shape index (κ1) is 23.3. The van der Waals surface area contributed by atoms with Crippen LogP contribution >= 0.6 is 0 Å². The number of hydrogen-bond donors (Lipinski definition) is 2. The topological polar surface area (TPSA) is 84.5 Å². The second-order valence-corrected chi connectivity index (χ2v) is 9.33. The van der Waals surface area contributed by atoms with Crippen molar-refractivity contribution in [3.63, 3.8) is 0 Å². The molecule has 0 saturated carbocycles.